The maximum atomic E-state index is 13.6. The van der Waals surface area contributed by atoms with E-state index in [2.05, 4.69) is 28.2 Å². The van der Waals surface area contributed by atoms with E-state index < -0.39 is 6.04 Å². The van der Waals surface area contributed by atoms with Crippen LogP contribution in [0.15, 0.2) is 88.2 Å². The second kappa shape index (κ2) is 15.1. The lowest BCUT2D eigenvalue weighted by Gasteiger charge is -2.31. The van der Waals surface area contributed by atoms with Crippen LogP contribution in [-0.4, -0.2) is 35.1 Å². The molecule has 0 aliphatic carbocycles. The number of hydrogen-bond acceptors (Lipinski definition) is 3. The van der Waals surface area contributed by atoms with Crippen LogP contribution in [0.2, 0.25) is 5.02 Å². The second-order valence-corrected chi connectivity index (χ2v) is 11.1. The molecule has 4 nitrogen and oxygen atoms in total. The first-order valence-corrected chi connectivity index (χ1v) is 14.4. The smallest absolute Gasteiger partial charge is 0.243 e. The van der Waals surface area contributed by atoms with E-state index in [0.29, 0.717) is 36.7 Å². The summed E-state index contributed by atoms with van der Waals surface area (Å²) in [6.45, 7) is 3.06. The third kappa shape index (κ3) is 9.30. The first-order valence-electron chi connectivity index (χ1n) is 12.2. The van der Waals surface area contributed by atoms with Gasteiger partial charge in [0, 0.05) is 46.1 Å². The van der Waals surface area contributed by atoms with Crippen molar-refractivity contribution in [2.45, 2.75) is 50.1 Å². The molecule has 190 valence electrons. The fourth-order valence-electron chi connectivity index (χ4n) is 3.82. The fraction of sp³-hybridized carbons (Fsp3) is 0.310. The van der Waals surface area contributed by atoms with Crippen molar-refractivity contribution in [1.29, 1.82) is 0 Å². The molecule has 0 fully saturated rings. The Bertz CT molecular complexity index is 1110. The van der Waals surface area contributed by atoms with Crippen molar-refractivity contribution in [2.75, 3.05) is 12.3 Å². The molecule has 0 aliphatic heterocycles. The van der Waals surface area contributed by atoms with Crippen LogP contribution >= 0.6 is 39.3 Å². The first kappa shape index (κ1) is 28.3. The van der Waals surface area contributed by atoms with E-state index in [1.54, 1.807) is 16.7 Å². The van der Waals surface area contributed by atoms with Gasteiger partial charge in [-0.25, -0.2) is 0 Å². The summed E-state index contributed by atoms with van der Waals surface area (Å²) >= 11 is 11.1. The Morgan fingerprint density at radius 1 is 1.00 bits per heavy atom. The summed E-state index contributed by atoms with van der Waals surface area (Å²) in [4.78, 5) is 29.9. The molecule has 0 spiro atoms. The number of nitrogens with one attached hydrogen (secondary N) is 1. The van der Waals surface area contributed by atoms with Crippen molar-refractivity contribution in [3.8, 4) is 0 Å². The zero-order chi connectivity index (χ0) is 25.8. The van der Waals surface area contributed by atoms with Gasteiger partial charge in [-0.2, -0.15) is 0 Å². The summed E-state index contributed by atoms with van der Waals surface area (Å²) in [7, 11) is 0. The number of hydrogen-bond donors (Lipinski definition) is 1. The Morgan fingerprint density at radius 3 is 2.42 bits per heavy atom. The topological polar surface area (TPSA) is 49.4 Å². The average Bonchev–Trinajstić information content (AvgIpc) is 2.88. The van der Waals surface area contributed by atoms with Gasteiger partial charge in [0.25, 0.3) is 0 Å². The SMILES string of the molecule is CCCCNC(=O)[C@@H](Cc1ccccc1)N(Cc1cccc(Br)c1)C(=O)CCSc1ccc(Cl)cc1. The monoisotopic (exact) mass is 586 g/mol. The predicted molar refractivity (Wildman–Crippen MR) is 153 cm³/mol. The van der Waals surface area contributed by atoms with Crippen molar-refractivity contribution < 1.29 is 9.59 Å². The second-order valence-electron chi connectivity index (χ2n) is 8.55. The summed E-state index contributed by atoms with van der Waals surface area (Å²) in [5.41, 5.74) is 2.00. The highest BCUT2D eigenvalue weighted by atomic mass is 79.9. The Labute approximate surface area is 231 Å². The van der Waals surface area contributed by atoms with E-state index in [9.17, 15) is 9.59 Å². The number of unbranched alkanes of at least 4 members (excludes halogenated alkanes) is 1. The number of amides is 2. The van der Waals surface area contributed by atoms with Crippen molar-refractivity contribution in [3.05, 3.63) is 99.5 Å². The lowest BCUT2D eigenvalue weighted by molar-refractivity contribution is -0.141. The van der Waals surface area contributed by atoms with Gasteiger partial charge in [-0.3, -0.25) is 9.59 Å². The number of rotatable bonds is 13. The number of nitrogens with zero attached hydrogens (tertiary/aromatic N) is 1. The van der Waals surface area contributed by atoms with E-state index in [-0.39, 0.29) is 11.8 Å². The molecular formula is C29H32BrClN2O2S. The Kier molecular flexibility index (Phi) is 11.9. The Balaban J connectivity index is 1.82. The molecule has 0 saturated carbocycles. The summed E-state index contributed by atoms with van der Waals surface area (Å²) in [5, 5.41) is 3.75. The molecule has 3 aromatic carbocycles. The molecule has 0 aliphatic rings. The van der Waals surface area contributed by atoms with Crippen LogP contribution in [0.3, 0.4) is 0 Å². The van der Waals surface area contributed by atoms with Gasteiger partial charge in [0.05, 0.1) is 0 Å². The van der Waals surface area contributed by atoms with E-state index in [4.69, 9.17) is 11.6 Å². The van der Waals surface area contributed by atoms with Gasteiger partial charge in [0.15, 0.2) is 0 Å². The van der Waals surface area contributed by atoms with Crippen LogP contribution in [0.5, 0.6) is 0 Å². The van der Waals surface area contributed by atoms with E-state index in [1.165, 1.54) is 0 Å². The zero-order valence-corrected chi connectivity index (χ0v) is 23.6. The highest BCUT2D eigenvalue weighted by Gasteiger charge is 2.30. The maximum absolute atomic E-state index is 13.6. The number of carbonyl (C=O) groups is 2. The number of halogens is 2. The minimum absolute atomic E-state index is 0.0389. The van der Waals surface area contributed by atoms with Crippen LogP contribution < -0.4 is 5.32 Å². The van der Waals surface area contributed by atoms with Crippen LogP contribution in [0.1, 0.15) is 37.3 Å². The van der Waals surface area contributed by atoms with E-state index in [0.717, 1.165) is 33.3 Å². The van der Waals surface area contributed by atoms with Gasteiger partial charge in [-0.05, 0) is 53.9 Å². The minimum Gasteiger partial charge on any atom is -0.354 e. The lowest BCUT2D eigenvalue weighted by Crippen LogP contribution is -2.50. The van der Waals surface area contributed by atoms with E-state index in [1.807, 2.05) is 78.9 Å². The van der Waals surface area contributed by atoms with Gasteiger partial charge in [0.1, 0.15) is 6.04 Å². The zero-order valence-electron chi connectivity index (χ0n) is 20.5. The molecule has 0 heterocycles. The van der Waals surface area contributed by atoms with Crippen molar-refractivity contribution in [1.82, 2.24) is 10.2 Å². The highest BCUT2D eigenvalue weighted by molar-refractivity contribution is 9.10. The quantitative estimate of drug-likeness (QED) is 0.171. The van der Waals surface area contributed by atoms with Gasteiger partial charge in [-0.15, -0.1) is 11.8 Å². The van der Waals surface area contributed by atoms with Crippen LogP contribution in [0.25, 0.3) is 0 Å². The average molecular weight is 588 g/mol. The molecule has 1 atom stereocenters. The van der Waals surface area contributed by atoms with Gasteiger partial charge >= 0.3 is 0 Å². The number of benzene rings is 3. The normalized spacial score (nSPS) is 11.6. The lowest BCUT2D eigenvalue weighted by atomic mass is 10.0. The van der Waals surface area contributed by atoms with Crippen molar-refractivity contribution in [2.24, 2.45) is 0 Å². The van der Waals surface area contributed by atoms with Crippen molar-refractivity contribution in [3.63, 3.8) is 0 Å². The summed E-state index contributed by atoms with van der Waals surface area (Å²) in [5.74, 6) is 0.467. The predicted octanol–water partition coefficient (Wildman–Crippen LogP) is 7.14. The molecule has 0 aromatic heterocycles. The molecule has 7 heteroatoms. The van der Waals surface area contributed by atoms with Gasteiger partial charge < -0.3 is 10.2 Å². The van der Waals surface area contributed by atoms with Crippen LogP contribution in [0.4, 0.5) is 0 Å². The van der Waals surface area contributed by atoms with Gasteiger partial charge in [-0.1, -0.05) is 83.3 Å². The molecular weight excluding hydrogens is 556 g/mol. The largest absolute Gasteiger partial charge is 0.354 e. The number of carbonyl (C=O) groups excluding carboxylic acids is 2. The molecule has 0 radical (unpaired) electrons. The maximum Gasteiger partial charge on any atom is 0.243 e. The Morgan fingerprint density at radius 2 is 1.72 bits per heavy atom. The standard InChI is InChI=1S/C29H32BrClN2O2S/c1-2-3-17-32-29(35)27(20-22-8-5-4-6-9-22)33(21-23-10-7-11-24(30)19-23)28(34)16-18-36-26-14-12-25(31)13-15-26/h4-15,19,27H,2-3,16-18,20-21H2,1H3,(H,32,35)/t27-/m1/s1. The fourth-order valence-corrected chi connectivity index (χ4v) is 5.24. The molecule has 0 saturated heterocycles. The van der Waals surface area contributed by atoms with Gasteiger partial charge in [0.2, 0.25) is 11.8 Å². The first-order chi connectivity index (χ1) is 17.5. The molecule has 3 aromatic rings. The summed E-state index contributed by atoms with van der Waals surface area (Å²) in [6.07, 6.45) is 2.69. The molecule has 3 rings (SSSR count). The van der Waals surface area contributed by atoms with Crippen LogP contribution in [-0.2, 0) is 22.6 Å². The van der Waals surface area contributed by atoms with Crippen LogP contribution in [0, 0.1) is 0 Å². The van der Waals surface area contributed by atoms with Crippen molar-refractivity contribution >= 4 is 51.1 Å². The molecule has 2 amide bonds. The molecule has 0 bridgehead atoms. The molecule has 0 unspecified atom stereocenters. The molecule has 36 heavy (non-hydrogen) atoms. The minimum atomic E-state index is -0.601. The summed E-state index contributed by atoms with van der Waals surface area (Å²) < 4.78 is 0.942. The number of thioether (sulfide) groups is 1. The third-order valence-electron chi connectivity index (χ3n) is 5.74. The third-order valence-corrected chi connectivity index (χ3v) is 7.50. The highest BCUT2D eigenvalue weighted by Crippen LogP contribution is 2.23. The molecule has 1 N–H and O–H groups in total. The summed E-state index contributed by atoms with van der Waals surface area (Å²) in [6, 6.07) is 24.8. The Hall–Kier alpha value is -2.28. The van der Waals surface area contributed by atoms with E-state index >= 15 is 0 Å².